The standard InChI is InChI=1S/C15H19F4NO.C15H19F4N.C15H17F4N.C14H17F4N/c1-21-10-9-20-7-5-11(6-8-20)12-3-2-4-13(16)14(12)15(17,18)19;2*1-2-8-20-9-6-11(7-10-20)12-4-3-5-13(16)14(12)15(17,18)19;1-2-19-8-6-10(7-9-19)11-4-3-5-12(15)13(11)14(16,17)18/h2-4,11H,5-10H2,1H3;3-5,11H,2,6-10H2,1H3;2-5,11H,1,6-10H2;3-5,10H,2,6-9H2,1H3. The Labute approximate surface area is 458 Å². The zero-order valence-corrected chi connectivity index (χ0v) is 45.3. The molecule has 5 nitrogen and oxygen atoms in total. The predicted octanol–water partition coefficient (Wildman–Crippen LogP) is 16.4. The molecule has 4 fully saturated rings. The van der Waals surface area contributed by atoms with E-state index in [0.29, 0.717) is 84.2 Å². The lowest BCUT2D eigenvalue weighted by atomic mass is 9.86. The molecule has 4 aliphatic heterocycles. The molecule has 0 unspecified atom stereocenters. The number of halogens is 16. The van der Waals surface area contributed by atoms with E-state index in [9.17, 15) is 70.2 Å². The van der Waals surface area contributed by atoms with Crippen LogP contribution in [0.2, 0.25) is 0 Å². The third kappa shape index (κ3) is 18.7. The van der Waals surface area contributed by atoms with Gasteiger partial charge >= 0.3 is 24.7 Å². The van der Waals surface area contributed by atoms with Crippen LogP contribution in [0.4, 0.5) is 70.2 Å². The topological polar surface area (TPSA) is 22.2 Å². The predicted molar refractivity (Wildman–Crippen MR) is 277 cm³/mol. The van der Waals surface area contributed by atoms with Crippen molar-refractivity contribution in [2.75, 3.05) is 92.3 Å². The fourth-order valence-corrected chi connectivity index (χ4v) is 11.4. The first-order valence-electron chi connectivity index (χ1n) is 27.1. The number of alkyl halides is 12. The molecule has 0 saturated carbocycles. The molecule has 4 aliphatic rings. The number of methoxy groups -OCH3 is 1. The molecule has 0 atom stereocenters. The summed E-state index contributed by atoms with van der Waals surface area (Å²) in [6.07, 6.45) is -10.6. The fraction of sp³-hybridized carbons (Fsp3) is 0.559. The maximum absolute atomic E-state index is 13.6. The first kappa shape index (κ1) is 66.1. The lowest BCUT2D eigenvalue weighted by molar-refractivity contribution is -0.141. The van der Waals surface area contributed by atoms with Crippen LogP contribution in [0.1, 0.15) is 140 Å². The van der Waals surface area contributed by atoms with Crippen molar-refractivity contribution < 1.29 is 75.0 Å². The first-order chi connectivity index (χ1) is 37.7. The quantitative estimate of drug-likeness (QED) is 0.104. The van der Waals surface area contributed by atoms with Crippen LogP contribution in [-0.4, -0.2) is 112 Å². The van der Waals surface area contributed by atoms with E-state index in [1.165, 1.54) is 48.5 Å². The second kappa shape index (κ2) is 30.0. The summed E-state index contributed by atoms with van der Waals surface area (Å²) in [5.41, 5.74) is -3.93. The molecule has 446 valence electrons. The van der Waals surface area contributed by atoms with Crippen LogP contribution in [0.3, 0.4) is 0 Å². The maximum Gasteiger partial charge on any atom is 0.419 e. The van der Waals surface area contributed by atoms with Crippen LogP contribution in [0.5, 0.6) is 0 Å². The van der Waals surface area contributed by atoms with Gasteiger partial charge in [0.1, 0.15) is 23.3 Å². The van der Waals surface area contributed by atoms with Crippen molar-refractivity contribution >= 4 is 0 Å². The summed E-state index contributed by atoms with van der Waals surface area (Å²) in [7, 11) is 1.62. The number of hydrogen-bond acceptors (Lipinski definition) is 5. The third-order valence-corrected chi connectivity index (χ3v) is 15.4. The molecule has 80 heavy (non-hydrogen) atoms. The third-order valence-electron chi connectivity index (χ3n) is 15.4. The number of benzene rings is 4. The second-order valence-electron chi connectivity index (χ2n) is 20.6. The van der Waals surface area contributed by atoms with Crippen LogP contribution >= 0.6 is 0 Å². The molecule has 4 saturated heterocycles. The summed E-state index contributed by atoms with van der Waals surface area (Å²) in [5, 5.41) is 0. The molecule has 0 aliphatic carbocycles. The van der Waals surface area contributed by atoms with Gasteiger partial charge < -0.3 is 19.4 Å². The van der Waals surface area contributed by atoms with Crippen LogP contribution in [0.25, 0.3) is 0 Å². The lowest BCUT2D eigenvalue weighted by Crippen LogP contribution is -2.35. The Bertz CT molecular complexity index is 2520. The average Bonchev–Trinajstić information content (AvgIpc) is 3.40. The molecule has 0 bridgehead atoms. The number of likely N-dealkylation sites (tertiary alicyclic amines) is 4. The Balaban J connectivity index is 0.000000196. The molecule has 0 N–H and O–H groups in total. The van der Waals surface area contributed by atoms with E-state index in [2.05, 4.69) is 33.1 Å². The van der Waals surface area contributed by atoms with Gasteiger partial charge in [0, 0.05) is 20.2 Å². The second-order valence-corrected chi connectivity index (χ2v) is 20.6. The van der Waals surface area contributed by atoms with Crippen molar-refractivity contribution in [1.82, 2.24) is 19.6 Å². The molecule has 8 rings (SSSR count). The number of piperidine rings is 4. The van der Waals surface area contributed by atoms with Crippen LogP contribution < -0.4 is 0 Å². The summed E-state index contributed by atoms with van der Waals surface area (Å²) in [4.78, 5) is 8.74. The summed E-state index contributed by atoms with van der Waals surface area (Å²) < 4.78 is 215. The molecule has 0 spiro atoms. The highest BCUT2D eigenvalue weighted by Crippen LogP contribution is 2.44. The van der Waals surface area contributed by atoms with Gasteiger partial charge in [0.05, 0.1) is 28.9 Å². The van der Waals surface area contributed by atoms with Crippen molar-refractivity contribution in [1.29, 1.82) is 0 Å². The van der Waals surface area contributed by atoms with Gasteiger partial charge in [0.15, 0.2) is 0 Å². The number of hydrogen-bond donors (Lipinski definition) is 0. The van der Waals surface area contributed by atoms with Crippen LogP contribution in [-0.2, 0) is 29.4 Å². The normalized spacial score (nSPS) is 18.4. The Kier molecular flexibility index (Phi) is 24.8. The van der Waals surface area contributed by atoms with Crippen molar-refractivity contribution in [3.05, 3.63) is 153 Å². The van der Waals surface area contributed by atoms with Gasteiger partial charge in [-0.2, -0.15) is 52.7 Å². The van der Waals surface area contributed by atoms with Crippen molar-refractivity contribution in [2.45, 2.75) is 120 Å². The van der Waals surface area contributed by atoms with E-state index >= 15 is 0 Å². The van der Waals surface area contributed by atoms with Gasteiger partial charge in [0.25, 0.3) is 0 Å². The van der Waals surface area contributed by atoms with Gasteiger partial charge in [-0.05, 0) is 193 Å². The molecule has 4 aromatic carbocycles. The summed E-state index contributed by atoms with van der Waals surface area (Å²) in [6, 6.07) is 14.6. The van der Waals surface area contributed by atoms with E-state index in [4.69, 9.17) is 4.74 Å². The van der Waals surface area contributed by atoms with Gasteiger partial charge in [0.2, 0.25) is 0 Å². The van der Waals surface area contributed by atoms with E-state index in [1.807, 2.05) is 6.92 Å². The molecule has 0 aromatic heterocycles. The summed E-state index contributed by atoms with van der Waals surface area (Å²) in [5.74, 6) is -5.55. The zero-order chi connectivity index (χ0) is 59.0. The highest BCUT2D eigenvalue weighted by atomic mass is 19.4. The summed E-state index contributed by atoms with van der Waals surface area (Å²) >= 11 is 0. The molecule has 4 heterocycles. The molecule has 0 radical (unpaired) electrons. The summed E-state index contributed by atoms with van der Waals surface area (Å²) in [6.45, 7) is 17.7. The fourth-order valence-electron chi connectivity index (χ4n) is 11.4. The molecule has 21 heteroatoms. The lowest BCUT2D eigenvalue weighted by Gasteiger charge is -2.33. The SMILES string of the molecule is C=CCN1CCC(c2cccc(F)c2C(F)(F)F)CC1.CCCN1CCC(c2cccc(F)c2C(F)(F)F)CC1.CCN1CCC(c2cccc(F)c2C(F)(F)F)CC1.COCCN1CCC(c2cccc(F)c2C(F)(F)F)CC1. The average molecular weight is 1160 g/mol. The highest BCUT2D eigenvalue weighted by Gasteiger charge is 2.42. The van der Waals surface area contributed by atoms with Gasteiger partial charge in [-0.3, -0.25) is 4.90 Å². The van der Waals surface area contributed by atoms with Crippen LogP contribution in [0.15, 0.2) is 85.5 Å². The number of rotatable bonds is 12. The van der Waals surface area contributed by atoms with Gasteiger partial charge in [-0.15, -0.1) is 6.58 Å². The van der Waals surface area contributed by atoms with Gasteiger partial charge in [-0.25, -0.2) is 17.6 Å². The van der Waals surface area contributed by atoms with Crippen molar-refractivity contribution in [3.63, 3.8) is 0 Å². The van der Waals surface area contributed by atoms with E-state index < -0.39 is 70.2 Å². The van der Waals surface area contributed by atoms with Gasteiger partial charge in [-0.1, -0.05) is 68.5 Å². The Hall–Kier alpha value is -4.70. The molecular weight excluding hydrogens is 1080 g/mol. The monoisotopic (exact) mass is 1160 g/mol. The van der Waals surface area contributed by atoms with E-state index in [1.54, 1.807) is 13.2 Å². The molecule has 4 aromatic rings. The largest absolute Gasteiger partial charge is 0.419 e. The maximum atomic E-state index is 13.6. The zero-order valence-electron chi connectivity index (χ0n) is 45.3. The smallest absolute Gasteiger partial charge is 0.383 e. The molecular formula is C59H72F16N4O. The minimum Gasteiger partial charge on any atom is -0.383 e. The Morgan fingerprint density at radius 1 is 0.425 bits per heavy atom. The van der Waals surface area contributed by atoms with Crippen LogP contribution in [0, 0.1) is 23.3 Å². The number of ether oxygens (including phenoxy) is 1. The Morgan fingerprint density at radius 3 is 0.925 bits per heavy atom. The first-order valence-corrected chi connectivity index (χ1v) is 27.1. The number of nitrogens with zero attached hydrogens (tertiary/aromatic N) is 4. The minimum absolute atomic E-state index is 0.0916. The minimum atomic E-state index is -4.64. The Morgan fingerprint density at radius 2 is 0.688 bits per heavy atom. The van der Waals surface area contributed by atoms with Crippen molar-refractivity contribution in [3.8, 4) is 0 Å². The highest BCUT2D eigenvalue weighted by molar-refractivity contribution is 5.37. The van der Waals surface area contributed by atoms with E-state index in [0.717, 1.165) is 83.0 Å². The van der Waals surface area contributed by atoms with Crippen molar-refractivity contribution in [2.24, 2.45) is 0 Å². The molecule has 0 amide bonds. The van der Waals surface area contributed by atoms with E-state index in [-0.39, 0.29) is 45.9 Å².